The highest BCUT2D eigenvalue weighted by molar-refractivity contribution is 5.19. The lowest BCUT2D eigenvalue weighted by molar-refractivity contribution is 0.191. The molecule has 1 aromatic carbocycles. The maximum atomic E-state index is 13.2. The number of hydrogen-bond donors (Lipinski definition) is 1. The van der Waals surface area contributed by atoms with Crippen molar-refractivity contribution in [1.82, 2.24) is 4.90 Å². The number of nitrogens with two attached hydrogens (primary N) is 1. The Labute approximate surface area is 115 Å². The van der Waals surface area contributed by atoms with Gasteiger partial charge in [-0.3, -0.25) is 4.90 Å². The van der Waals surface area contributed by atoms with Gasteiger partial charge in [0.15, 0.2) is 0 Å². The maximum Gasteiger partial charge on any atom is 0.123 e. The number of nitrogens with zero attached hydrogens (tertiary/aromatic N) is 1. The zero-order chi connectivity index (χ0) is 13.8. The molecule has 3 unspecified atom stereocenters. The monoisotopic (exact) mass is 264 g/mol. The molecule has 1 heterocycles. The molecule has 0 bridgehead atoms. The lowest BCUT2D eigenvalue weighted by atomic mass is 10.0. The molecule has 19 heavy (non-hydrogen) atoms. The van der Waals surface area contributed by atoms with Gasteiger partial charge in [0.2, 0.25) is 0 Å². The normalized spacial score (nSPS) is 25.7. The molecule has 0 radical (unpaired) electrons. The number of halogens is 1. The van der Waals surface area contributed by atoms with Gasteiger partial charge in [-0.05, 0) is 50.3 Å². The molecule has 0 aliphatic carbocycles. The van der Waals surface area contributed by atoms with Crippen LogP contribution in [0.2, 0.25) is 0 Å². The van der Waals surface area contributed by atoms with E-state index in [2.05, 4.69) is 18.7 Å². The Morgan fingerprint density at radius 3 is 2.89 bits per heavy atom. The van der Waals surface area contributed by atoms with Crippen molar-refractivity contribution in [2.24, 2.45) is 5.73 Å². The number of likely N-dealkylation sites (tertiary alicyclic amines) is 1. The predicted molar refractivity (Wildman–Crippen MR) is 77.4 cm³/mol. The van der Waals surface area contributed by atoms with Gasteiger partial charge in [-0.1, -0.05) is 19.1 Å². The topological polar surface area (TPSA) is 29.3 Å². The van der Waals surface area contributed by atoms with E-state index in [1.807, 2.05) is 6.07 Å². The highest BCUT2D eigenvalue weighted by Gasteiger charge is 2.28. The molecule has 1 aliphatic rings. The van der Waals surface area contributed by atoms with Crippen LogP contribution in [0.3, 0.4) is 0 Å². The van der Waals surface area contributed by atoms with Crippen LogP contribution in [0.5, 0.6) is 0 Å². The van der Waals surface area contributed by atoms with Gasteiger partial charge in [-0.2, -0.15) is 0 Å². The second-order valence-electron chi connectivity index (χ2n) is 5.68. The minimum atomic E-state index is -0.200. The average Bonchev–Trinajstić information content (AvgIpc) is 2.76. The molecular formula is C16H25FN2. The molecule has 1 fully saturated rings. The summed E-state index contributed by atoms with van der Waals surface area (Å²) in [4.78, 5) is 2.57. The van der Waals surface area contributed by atoms with Crippen molar-refractivity contribution in [3.05, 3.63) is 35.6 Å². The van der Waals surface area contributed by atoms with Gasteiger partial charge >= 0.3 is 0 Å². The first-order chi connectivity index (χ1) is 9.11. The van der Waals surface area contributed by atoms with Crippen LogP contribution in [0.4, 0.5) is 4.39 Å². The Balaban J connectivity index is 1.91. The first kappa shape index (κ1) is 14.5. The van der Waals surface area contributed by atoms with Gasteiger partial charge in [0.05, 0.1) is 0 Å². The molecule has 0 spiro atoms. The van der Waals surface area contributed by atoms with Gasteiger partial charge in [0.25, 0.3) is 0 Å². The van der Waals surface area contributed by atoms with E-state index in [1.54, 1.807) is 12.1 Å². The SMILES string of the molecule is CCC1CCC(C)N1CCC(N)c1cccc(F)c1. The van der Waals surface area contributed by atoms with E-state index in [0.29, 0.717) is 12.1 Å². The van der Waals surface area contributed by atoms with Crippen LogP contribution in [0, 0.1) is 5.82 Å². The molecule has 0 saturated carbocycles. The fourth-order valence-corrected chi connectivity index (χ4v) is 3.16. The van der Waals surface area contributed by atoms with Crippen LogP contribution in [-0.4, -0.2) is 23.5 Å². The molecular weight excluding hydrogens is 239 g/mol. The molecule has 2 rings (SSSR count). The number of hydrogen-bond acceptors (Lipinski definition) is 2. The Bertz CT molecular complexity index is 407. The van der Waals surface area contributed by atoms with Crippen LogP contribution >= 0.6 is 0 Å². The van der Waals surface area contributed by atoms with E-state index in [0.717, 1.165) is 18.5 Å². The second kappa shape index (κ2) is 6.49. The first-order valence-electron chi connectivity index (χ1n) is 7.38. The lowest BCUT2D eigenvalue weighted by Crippen LogP contribution is -2.36. The van der Waals surface area contributed by atoms with E-state index in [4.69, 9.17) is 5.73 Å². The molecule has 1 saturated heterocycles. The van der Waals surface area contributed by atoms with Gasteiger partial charge in [-0.25, -0.2) is 4.39 Å². The van der Waals surface area contributed by atoms with Crippen LogP contribution < -0.4 is 5.73 Å². The van der Waals surface area contributed by atoms with E-state index in [1.165, 1.54) is 25.3 Å². The van der Waals surface area contributed by atoms with Crippen molar-refractivity contribution in [2.45, 2.75) is 57.7 Å². The first-order valence-corrected chi connectivity index (χ1v) is 7.38. The summed E-state index contributed by atoms with van der Waals surface area (Å²) in [6.45, 7) is 5.56. The van der Waals surface area contributed by atoms with Crippen molar-refractivity contribution in [1.29, 1.82) is 0 Å². The minimum Gasteiger partial charge on any atom is -0.324 e. The van der Waals surface area contributed by atoms with Gasteiger partial charge in [0, 0.05) is 24.7 Å². The third-order valence-corrected chi connectivity index (χ3v) is 4.40. The van der Waals surface area contributed by atoms with Gasteiger partial charge < -0.3 is 5.73 Å². The highest BCUT2D eigenvalue weighted by atomic mass is 19.1. The third kappa shape index (κ3) is 3.54. The summed E-state index contributed by atoms with van der Waals surface area (Å²) in [5.41, 5.74) is 7.08. The molecule has 1 aliphatic heterocycles. The summed E-state index contributed by atoms with van der Waals surface area (Å²) in [6, 6.07) is 7.96. The number of rotatable bonds is 5. The second-order valence-corrected chi connectivity index (χ2v) is 5.68. The summed E-state index contributed by atoms with van der Waals surface area (Å²) < 4.78 is 13.2. The van der Waals surface area contributed by atoms with Crippen LogP contribution in [0.15, 0.2) is 24.3 Å². The van der Waals surface area contributed by atoms with Crippen molar-refractivity contribution in [2.75, 3.05) is 6.54 Å². The molecule has 3 atom stereocenters. The van der Waals surface area contributed by atoms with E-state index in [-0.39, 0.29) is 11.9 Å². The Kier molecular flexibility index (Phi) is 4.94. The zero-order valence-electron chi connectivity index (χ0n) is 12.0. The quantitative estimate of drug-likeness (QED) is 0.882. The molecule has 3 heteroatoms. The van der Waals surface area contributed by atoms with E-state index < -0.39 is 0 Å². The highest BCUT2D eigenvalue weighted by Crippen LogP contribution is 2.27. The van der Waals surface area contributed by atoms with Crippen molar-refractivity contribution in [3.8, 4) is 0 Å². The van der Waals surface area contributed by atoms with Crippen molar-refractivity contribution in [3.63, 3.8) is 0 Å². The molecule has 1 aromatic rings. The lowest BCUT2D eigenvalue weighted by Gasteiger charge is -2.28. The maximum absolute atomic E-state index is 13.2. The summed E-state index contributed by atoms with van der Waals surface area (Å²) in [5, 5.41) is 0. The van der Waals surface area contributed by atoms with Gasteiger partial charge in [-0.15, -0.1) is 0 Å². The van der Waals surface area contributed by atoms with Crippen LogP contribution in [0.25, 0.3) is 0 Å². The summed E-state index contributed by atoms with van der Waals surface area (Å²) in [6.07, 6.45) is 4.68. The largest absolute Gasteiger partial charge is 0.324 e. The Morgan fingerprint density at radius 1 is 1.42 bits per heavy atom. The third-order valence-electron chi connectivity index (χ3n) is 4.40. The molecule has 0 amide bonds. The predicted octanol–water partition coefficient (Wildman–Crippen LogP) is 3.48. The Morgan fingerprint density at radius 2 is 2.21 bits per heavy atom. The fourth-order valence-electron chi connectivity index (χ4n) is 3.16. The summed E-state index contributed by atoms with van der Waals surface area (Å²) in [7, 11) is 0. The number of benzene rings is 1. The van der Waals surface area contributed by atoms with Gasteiger partial charge in [0.1, 0.15) is 5.82 Å². The van der Waals surface area contributed by atoms with E-state index >= 15 is 0 Å². The van der Waals surface area contributed by atoms with E-state index in [9.17, 15) is 4.39 Å². The summed E-state index contributed by atoms with van der Waals surface area (Å²) >= 11 is 0. The Hall–Kier alpha value is -0.930. The van der Waals surface area contributed by atoms with Crippen molar-refractivity contribution >= 4 is 0 Å². The molecule has 106 valence electrons. The fraction of sp³-hybridized carbons (Fsp3) is 0.625. The minimum absolute atomic E-state index is 0.0685. The molecule has 2 N–H and O–H groups in total. The molecule has 0 aromatic heterocycles. The smallest absolute Gasteiger partial charge is 0.123 e. The standard InChI is InChI=1S/C16H25FN2/c1-3-15-8-7-12(2)19(15)10-9-16(18)13-5-4-6-14(17)11-13/h4-6,11-12,15-16H,3,7-10,18H2,1-2H3. The zero-order valence-corrected chi connectivity index (χ0v) is 12.0. The van der Waals surface area contributed by atoms with Crippen LogP contribution in [-0.2, 0) is 0 Å². The molecule has 2 nitrogen and oxygen atoms in total. The van der Waals surface area contributed by atoms with Crippen molar-refractivity contribution < 1.29 is 4.39 Å². The summed E-state index contributed by atoms with van der Waals surface area (Å²) in [5.74, 6) is -0.200. The average molecular weight is 264 g/mol. The van der Waals surface area contributed by atoms with Crippen LogP contribution in [0.1, 0.15) is 51.1 Å².